The van der Waals surface area contributed by atoms with Crippen LogP contribution in [-0.4, -0.2) is 73.1 Å². The molecule has 160 valence electrons. The summed E-state index contributed by atoms with van der Waals surface area (Å²) in [6.07, 6.45) is 4.98. The first-order chi connectivity index (χ1) is 14.4. The number of benzene rings is 1. The average Bonchev–Trinajstić information content (AvgIpc) is 2.77. The third-order valence-electron chi connectivity index (χ3n) is 4.75. The van der Waals surface area contributed by atoms with Crippen LogP contribution < -0.4 is 4.74 Å². The lowest BCUT2D eigenvalue weighted by molar-refractivity contribution is -0.127. The van der Waals surface area contributed by atoms with Crippen LogP contribution in [0.4, 0.5) is 0 Å². The van der Waals surface area contributed by atoms with Crippen LogP contribution in [-0.2, 0) is 21.6 Å². The molecule has 0 bridgehead atoms. The van der Waals surface area contributed by atoms with Gasteiger partial charge in [-0.1, -0.05) is 18.2 Å². The Morgan fingerprint density at radius 3 is 2.40 bits per heavy atom. The topological polar surface area (TPSA) is 83.1 Å². The second-order valence-electron chi connectivity index (χ2n) is 7.03. The van der Waals surface area contributed by atoms with Gasteiger partial charge in [0.25, 0.3) is 10.2 Å². The molecule has 0 radical (unpaired) electrons. The predicted molar refractivity (Wildman–Crippen MR) is 115 cm³/mol. The molecule has 30 heavy (non-hydrogen) atoms. The van der Waals surface area contributed by atoms with Crippen LogP contribution in [0.25, 0.3) is 6.08 Å². The standard InChI is InChI=1S/C21H26N4O4S/c1-23(2)30(27,28)25-15-13-24(14-16-25)21(26)11-8-18-6-9-20(10-7-18)29-17-19-5-3-4-12-22-19/h3-12H,13-17H2,1-2H3/b11-8+. The molecule has 3 rings (SSSR count). The van der Waals surface area contributed by atoms with E-state index in [0.29, 0.717) is 32.8 Å². The number of carbonyl (C=O) groups is 1. The van der Waals surface area contributed by atoms with Gasteiger partial charge in [-0.25, -0.2) is 0 Å². The van der Waals surface area contributed by atoms with Crippen LogP contribution in [0.15, 0.2) is 54.7 Å². The summed E-state index contributed by atoms with van der Waals surface area (Å²) in [5.74, 6) is 0.592. The molecule has 0 saturated carbocycles. The summed E-state index contributed by atoms with van der Waals surface area (Å²) in [6, 6.07) is 13.1. The lowest BCUT2D eigenvalue weighted by Crippen LogP contribution is -2.52. The number of nitrogens with zero attached hydrogens (tertiary/aromatic N) is 4. The summed E-state index contributed by atoms with van der Waals surface area (Å²) in [6.45, 7) is 1.72. The Labute approximate surface area is 177 Å². The zero-order chi connectivity index (χ0) is 21.6. The molecule has 1 aliphatic rings. The van der Waals surface area contributed by atoms with Crippen LogP contribution in [0, 0.1) is 0 Å². The van der Waals surface area contributed by atoms with Gasteiger partial charge < -0.3 is 9.64 Å². The van der Waals surface area contributed by atoms with Crippen LogP contribution in [0.3, 0.4) is 0 Å². The minimum absolute atomic E-state index is 0.132. The molecule has 9 heteroatoms. The molecule has 8 nitrogen and oxygen atoms in total. The fraction of sp³-hybridized carbons (Fsp3) is 0.333. The number of aromatic nitrogens is 1. The molecular weight excluding hydrogens is 404 g/mol. The number of amides is 1. The van der Waals surface area contributed by atoms with Crippen molar-refractivity contribution in [1.82, 2.24) is 18.5 Å². The van der Waals surface area contributed by atoms with Crippen molar-refractivity contribution in [3.63, 3.8) is 0 Å². The molecule has 1 fully saturated rings. The highest BCUT2D eigenvalue weighted by atomic mass is 32.2. The van der Waals surface area contributed by atoms with E-state index in [2.05, 4.69) is 4.98 Å². The number of carbonyl (C=O) groups excluding carboxylic acids is 1. The van der Waals surface area contributed by atoms with E-state index < -0.39 is 10.2 Å². The van der Waals surface area contributed by atoms with Gasteiger partial charge in [0.05, 0.1) is 5.69 Å². The van der Waals surface area contributed by atoms with Gasteiger partial charge in [0, 0.05) is 52.5 Å². The molecule has 0 N–H and O–H groups in total. The van der Waals surface area contributed by atoms with Crippen molar-refractivity contribution in [3.8, 4) is 5.75 Å². The quantitative estimate of drug-likeness (QED) is 0.624. The molecule has 2 heterocycles. The van der Waals surface area contributed by atoms with Gasteiger partial charge in [-0.3, -0.25) is 9.78 Å². The predicted octanol–water partition coefficient (Wildman–Crippen LogP) is 1.62. The number of hydrogen-bond acceptors (Lipinski definition) is 5. The molecule has 1 saturated heterocycles. The molecule has 1 aromatic carbocycles. The summed E-state index contributed by atoms with van der Waals surface area (Å²) in [5.41, 5.74) is 1.73. The van der Waals surface area contributed by atoms with E-state index in [0.717, 1.165) is 17.0 Å². The third-order valence-corrected chi connectivity index (χ3v) is 6.69. The van der Waals surface area contributed by atoms with E-state index in [1.165, 1.54) is 28.8 Å². The first-order valence-electron chi connectivity index (χ1n) is 9.63. The fourth-order valence-electron chi connectivity index (χ4n) is 2.96. The average molecular weight is 431 g/mol. The molecule has 1 aliphatic heterocycles. The highest BCUT2D eigenvalue weighted by molar-refractivity contribution is 7.86. The zero-order valence-electron chi connectivity index (χ0n) is 17.1. The molecular formula is C21H26N4O4S. The van der Waals surface area contributed by atoms with Crippen molar-refractivity contribution in [2.75, 3.05) is 40.3 Å². The minimum atomic E-state index is -3.44. The van der Waals surface area contributed by atoms with Gasteiger partial charge in [0.15, 0.2) is 0 Å². The van der Waals surface area contributed by atoms with Crippen LogP contribution >= 0.6 is 0 Å². The first-order valence-corrected chi connectivity index (χ1v) is 11.0. The van der Waals surface area contributed by atoms with Gasteiger partial charge >= 0.3 is 0 Å². The highest BCUT2D eigenvalue weighted by Gasteiger charge is 2.29. The van der Waals surface area contributed by atoms with E-state index in [9.17, 15) is 13.2 Å². The largest absolute Gasteiger partial charge is 0.487 e. The molecule has 1 amide bonds. The maximum Gasteiger partial charge on any atom is 0.281 e. The Hall–Kier alpha value is -2.75. The number of ether oxygens (including phenoxy) is 1. The Balaban J connectivity index is 1.49. The molecule has 0 atom stereocenters. The smallest absolute Gasteiger partial charge is 0.281 e. The Bertz CT molecular complexity index is 968. The van der Waals surface area contributed by atoms with Gasteiger partial charge in [-0.05, 0) is 35.9 Å². The van der Waals surface area contributed by atoms with E-state index >= 15 is 0 Å². The van der Waals surface area contributed by atoms with E-state index in [-0.39, 0.29) is 5.91 Å². The van der Waals surface area contributed by atoms with Crippen LogP contribution in [0.1, 0.15) is 11.3 Å². The SMILES string of the molecule is CN(C)S(=O)(=O)N1CCN(C(=O)/C=C/c2ccc(OCc3ccccn3)cc2)CC1. The summed E-state index contributed by atoms with van der Waals surface area (Å²) in [7, 11) is -0.427. The zero-order valence-corrected chi connectivity index (χ0v) is 18.0. The Morgan fingerprint density at radius 1 is 1.10 bits per heavy atom. The second-order valence-corrected chi connectivity index (χ2v) is 9.17. The number of hydrogen-bond donors (Lipinski definition) is 0. The minimum Gasteiger partial charge on any atom is -0.487 e. The van der Waals surface area contributed by atoms with Crippen molar-refractivity contribution in [2.24, 2.45) is 0 Å². The lowest BCUT2D eigenvalue weighted by Gasteiger charge is -2.34. The normalized spacial score (nSPS) is 15.6. The summed E-state index contributed by atoms with van der Waals surface area (Å²) >= 11 is 0. The summed E-state index contributed by atoms with van der Waals surface area (Å²) in [5, 5.41) is 0. The van der Waals surface area contributed by atoms with E-state index in [1.54, 1.807) is 17.2 Å². The summed E-state index contributed by atoms with van der Waals surface area (Å²) < 4.78 is 32.6. The molecule has 0 aliphatic carbocycles. The maximum atomic E-state index is 12.4. The Morgan fingerprint density at radius 2 is 1.80 bits per heavy atom. The highest BCUT2D eigenvalue weighted by Crippen LogP contribution is 2.15. The molecule has 1 aromatic heterocycles. The first kappa shape index (κ1) is 21.9. The molecule has 2 aromatic rings. The third kappa shape index (κ3) is 5.65. The van der Waals surface area contributed by atoms with Crippen molar-refractivity contribution >= 4 is 22.2 Å². The fourth-order valence-corrected chi connectivity index (χ4v) is 4.05. The lowest BCUT2D eigenvalue weighted by atomic mass is 10.2. The van der Waals surface area contributed by atoms with Crippen molar-refractivity contribution in [3.05, 3.63) is 66.0 Å². The van der Waals surface area contributed by atoms with E-state index in [1.807, 2.05) is 42.5 Å². The Kier molecular flexibility index (Phi) is 7.20. The monoisotopic (exact) mass is 430 g/mol. The van der Waals surface area contributed by atoms with Crippen LogP contribution in [0.5, 0.6) is 5.75 Å². The summed E-state index contributed by atoms with van der Waals surface area (Å²) in [4.78, 5) is 18.3. The van der Waals surface area contributed by atoms with Crippen molar-refractivity contribution < 1.29 is 17.9 Å². The van der Waals surface area contributed by atoms with Crippen LogP contribution in [0.2, 0.25) is 0 Å². The maximum absolute atomic E-state index is 12.4. The van der Waals surface area contributed by atoms with Crippen molar-refractivity contribution in [1.29, 1.82) is 0 Å². The van der Waals surface area contributed by atoms with Gasteiger partial charge in [0.1, 0.15) is 12.4 Å². The molecule has 0 spiro atoms. The second kappa shape index (κ2) is 9.84. The van der Waals surface area contributed by atoms with Gasteiger partial charge in [-0.15, -0.1) is 0 Å². The number of rotatable bonds is 7. The van der Waals surface area contributed by atoms with Crippen molar-refractivity contribution in [2.45, 2.75) is 6.61 Å². The van der Waals surface area contributed by atoms with Gasteiger partial charge in [-0.2, -0.15) is 17.0 Å². The van der Waals surface area contributed by atoms with E-state index in [4.69, 9.17) is 4.74 Å². The van der Waals surface area contributed by atoms with Gasteiger partial charge in [0.2, 0.25) is 5.91 Å². The number of pyridine rings is 1. The molecule has 0 unspecified atom stereocenters. The number of piperazine rings is 1.